The van der Waals surface area contributed by atoms with Crippen LogP contribution >= 0.6 is 0 Å². The van der Waals surface area contributed by atoms with Crippen molar-refractivity contribution < 1.29 is 38.5 Å². The Balaban J connectivity index is 1.10. The summed E-state index contributed by atoms with van der Waals surface area (Å²) in [7, 11) is 0. The van der Waals surface area contributed by atoms with E-state index in [1.165, 1.54) is 24.3 Å². The molecule has 1 aromatic heterocycles. The van der Waals surface area contributed by atoms with Gasteiger partial charge in [-0.05, 0) is 42.0 Å². The number of para-hydroxylation sites is 2. The van der Waals surface area contributed by atoms with Crippen molar-refractivity contribution in [3.63, 3.8) is 0 Å². The Morgan fingerprint density at radius 3 is 1.91 bits per heavy atom. The first-order valence-corrected chi connectivity index (χ1v) is 13.5. The number of hydrogen-bond acceptors (Lipinski definition) is 7. The van der Waals surface area contributed by atoms with Crippen molar-refractivity contribution in [2.24, 2.45) is 0 Å². The molecule has 5 rings (SSSR count). The third-order valence-electron chi connectivity index (χ3n) is 6.73. The van der Waals surface area contributed by atoms with Gasteiger partial charge in [0, 0.05) is 27.5 Å². The van der Waals surface area contributed by atoms with Crippen LogP contribution < -0.4 is 5.32 Å². The molecule has 1 unspecified atom stereocenters. The van der Waals surface area contributed by atoms with Crippen molar-refractivity contribution >= 4 is 51.5 Å². The van der Waals surface area contributed by atoms with Crippen LogP contribution in [0.4, 0.5) is 10.5 Å². The van der Waals surface area contributed by atoms with Crippen LogP contribution in [0.15, 0.2) is 103 Å². The summed E-state index contributed by atoms with van der Waals surface area (Å²) in [6.45, 7) is -0.334. The molecular formula is C33H28N2O8. The molecule has 0 saturated carbocycles. The summed E-state index contributed by atoms with van der Waals surface area (Å²) in [6.07, 6.45) is -1.04. The van der Waals surface area contributed by atoms with E-state index in [1.54, 1.807) is 4.57 Å². The largest absolute Gasteiger partial charge is 0.480 e. The fourth-order valence-corrected chi connectivity index (χ4v) is 4.73. The van der Waals surface area contributed by atoms with E-state index in [4.69, 9.17) is 14.2 Å². The van der Waals surface area contributed by atoms with Gasteiger partial charge in [0.1, 0.15) is 25.9 Å². The maximum atomic E-state index is 12.6. The Hall–Kier alpha value is -5.64. The molecule has 0 radical (unpaired) electrons. The number of carbonyl (C=O) groups is 4. The van der Waals surface area contributed by atoms with Crippen molar-refractivity contribution in [3.05, 3.63) is 114 Å². The monoisotopic (exact) mass is 580 g/mol. The fraction of sp³-hybridized carbons (Fsp3) is 0.152. The summed E-state index contributed by atoms with van der Waals surface area (Å²) in [5.41, 5.74) is 2.91. The topological polar surface area (TPSA) is 133 Å². The molecule has 2 N–H and O–H groups in total. The third-order valence-corrected chi connectivity index (χ3v) is 6.73. The van der Waals surface area contributed by atoms with E-state index >= 15 is 0 Å². The molecule has 10 nitrogen and oxygen atoms in total. The van der Waals surface area contributed by atoms with Gasteiger partial charge in [0.05, 0.1) is 12.0 Å². The number of fused-ring (bicyclic) bond motifs is 3. The van der Waals surface area contributed by atoms with E-state index < -0.39 is 36.5 Å². The predicted molar refractivity (Wildman–Crippen MR) is 159 cm³/mol. The number of amides is 1. The van der Waals surface area contributed by atoms with Crippen LogP contribution in [0.3, 0.4) is 0 Å². The standard InChI is InChI=1S/C33H28N2O8/c36-30(20-29(31(37)38)35-27-12-6-4-10-25(27)26-11-5-7-13-28(26)35)41-18-19-42-32(39)23-14-16-24(17-15-23)34-33(40)43-21-22-8-2-1-3-9-22/h1-17,29H,18-21H2,(H,34,40)(H,37,38). The molecule has 0 aliphatic rings. The first-order chi connectivity index (χ1) is 20.9. The minimum Gasteiger partial charge on any atom is -0.480 e. The van der Waals surface area contributed by atoms with Crippen LogP contribution in [0.25, 0.3) is 21.8 Å². The molecule has 0 spiro atoms. The number of rotatable bonds is 11. The van der Waals surface area contributed by atoms with Crippen molar-refractivity contribution in [3.8, 4) is 0 Å². The summed E-state index contributed by atoms with van der Waals surface area (Å²) < 4.78 is 17.2. The average molecular weight is 581 g/mol. The van der Waals surface area contributed by atoms with Gasteiger partial charge in [0.2, 0.25) is 0 Å². The van der Waals surface area contributed by atoms with Crippen LogP contribution in [0.2, 0.25) is 0 Å². The van der Waals surface area contributed by atoms with Gasteiger partial charge in [0.25, 0.3) is 0 Å². The number of nitrogens with zero attached hydrogens (tertiary/aromatic N) is 1. The Labute approximate surface area is 246 Å². The lowest BCUT2D eigenvalue weighted by atomic mass is 10.2. The van der Waals surface area contributed by atoms with Crippen molar-refractivity contribution in [1.82, 2.24) is 4.57 Å². The van der Waals surface area contributed by atoms with E-state index in [0.717, 1.165) is 16.3 Å². The van der Waals surface area contributed by atoms with E-state index in [-0.39, 0.29) is 25.4 Å². The number of esters is 2. The molecule has 0 aliphatic heterocycles. The highest BCUT2D eigenvalue weighted by Gasteiger charge is 2.27. The van der Waals surface area contributed by atoms with Gasteiger partial charge in [-0.1, -0.05) is 66.7 Å². The number of benzene rings is 4. The minimum absolute atomic E-state index is 0.124. The number of nitrogens with one attached hydrogen (secondary N) is 1. The van der Waals surface area contributed by atoms with E-state index in [1.807, 2.05) is 78.9 Å². The highest BCUT2D eigenvalue weighted by Crippen LogP contribution is 2.33. The van der Waals surface area contributed by atoms with Crippen LogP contribution in [0, 0.1) is 0 Å². The average Bonchev–Trinajstić information content (AvgIpc) is 3.36. The lowest BCUT2D eigenvalue weighted by molar-refractivity contribution is -0.151. The van der Waals surface area contributed by atoms with Gasteiger partial charge in [0.15, 0.2) is 0 Å². The summed E-state index contributed by atoms with van der Waals surface area (Å²) >= 11 is 0. The fourth-order valence-electron chi connectivity index (χ4n) is 4.73. The van der Waals surface area contributed by atoms with Crippen molar-refractivity contribution in [2.75, 3.05) is 18.5 Å². The van der Waals surface area contributed by atoms with E-state index in [9.17, 15) is 24.3 Å². The second-order valence-corrected chi connectivity index (χ2v) is 9.58. The van der Waals surface area contributed by atoms with Gasteiger partial charge in [-0.25, -0.2) is 14.4 Å². The maximum Gasteiger partial charge on any atom is 0.411 e. The number of ether oxygens (including phenoxy) is 3. The zero-order valence-electron chi connectivity index (χ0n) is 23.0. The lowest BCUT2D eigenvalue weighted by Gasteiger charge is -2.17. The molecule has 1 amide bonds. The lowest BCUT2D eigenvalue weighted by Crippen LogP contribution is -2.24. The van der Waals surface area contributed by atoms with Gasteiger partial charge in [-0.3, -0.25) is 10.1 Å². The van der Waals surface area contributed by atoms with E-state index in [0.29, 0.717) is 16.7 Å². The Morgan fingerprint density at radius 2 is 1.28 bits per heavy atom. The molecular weight excluding hydrogens is 552 g/mol. The number of anilines is 1. The molecule has 0 saturated heterocycles. The normalized spacial score (nSPS) is 11.5. The number of aliphatic carboxylic acids is 1. The number of aromatic nitrogens is 1. The van der Waals surface area contributed by atoms with Crippen molar-refractivity contribution in [2.45, 2.75) is 19.1 Å². The van der Waals surface area contributed by atoms with Crippen LogP contribution in [0.1, 0.15) is 28.4 Å². The number of hydrogen-bond donors (Lipinski definition) is 2. The molecule has 0 aliphatic carbocycles. The van der Waals surface area contributed by atoms with Crippen molar-refractivity contribution in [1.29, 1.82) is 0 Å². The molecule has 1 heterocycles. The smallest absolute Gasteiger partial charge is 0.411 e. The maximum absolute atomic E-state index is 12.6. The Bertz CT molecular complexity index is 1710. The molecule has 218 valence electrons. The summed E-state index contributed by atoms with van der Waals surface area (Å²) in [5, 5.41) is 14.3. The van der Waals surface area contributed by atoms with Gasteiger partial charge < -0.3 is 23.9 Å². The first-order valence-electron chi connectivity index (χ1n) is 13.5. The molecule has 4 aromatic carbocycles. The number of carboxylic acid groups (broad SMARTS) is 1. The first kappa shape index (κ1) is 28.9. The summed E-state index contributed by atoms with van der Waals surface area (Å²) in [6, 6.07) is 28.9. The highest BCUT2D eigenvalue weighted by atomic mass is 16.6. The van der Waals surface area contributed by atoms with Gasteiger partial charge >= 0.3 is 24.0 Å². The molecule has 0 fully saturated rings. The Kier molecular flexibility index (Phi) is 8.96. The number of carboxylic acids is 1. The second-order valence-electron chi connectivity index (χ2n) is 9.58. The SMILES string of the molecule is O=C(CC(C(=O)O)n1c2ccccc2c2ccccc21)OCCOC(=O)c1ccc(NC(=O)OCc2ccccc2)cc1. The van der Waals surface area contributed by atoms with Crippen LogP contribution in [-0.4, -0.2) is 46.9 Å². The molecule has 10 heteroatoms. The van der Waals surface area contributed by atoms with E-state index in [2.05, 4.69) is 5.32 Å². The zero-order valence-corrected chi connectivity index (χ0v) is 23.0. The molecule has 1 atom stereocenters. The predicted octanol–water partition coefficient (Wildman–Crippen LogP) is 5.96. The second kappa shape index (κ2) is 13.3. The highest BCUT2D eigenvalue weighted by molar-refractivity contribution is 6.09. The van der Waals surface area contributed by atoms with Gasteiger partial charge in [-0.15, -0.1) is 0 Å². The molecule has 0 bridgehead atoms. The quantitative estimate of drug-likeness (QED) is 0.111. The molecule has 5 aromatic rings. The Morgan fingerprint density at radius 1 is 0.698 bits per heavy atom. The van der Waals surface area contributed by atoms with Crippen LogP contribution in [0.5, 0.6) is 0 Å². The number of carbonyl (C=O) groups excluding carboxylic acids is 3. The van der Waals surface area contributed by atoms with Crippen LogP contribution in [-0.2, 0) is 30.4 Å². The summed E-state index contributed by atoms with van der Waals surface area (Å²) in [5.74, 6) is -2.56. The third kappa shape index (κ3) is 6.99. The zero-order chi connectivity index (χ0) is 30.2. The molecule has 43 heavy (non-hydrogen) atoms. The van der Waals surface area contributed by atoms with Gasteiger partial charge in [-0.2, -0.15) is 0 Å². The summed E-state index contributed by atoms with van der Waals surface area (Å²) in [4.78, 5) is 49.3. The minimum atomic E-state index is -1.19.